The molecule has 0 radical (unpaired) electrons. The van der Waals surface area contributed by atoms with Gasteiger partial charge in [-0.2, -0.15) is 0 Å². The maximum absolute atomic E-state index is 11.2. The third kappa shape index (κ3) is 4.05. The van der Waals surface area contributed by atoms with Gasteiger partial charge < -0.3 is 10.1 Å². The number of anilines is 1. The van der Waals surface area contributed by atoms with Gasteiger partial charge in [0.05, 0.1) is 25.3 Å². The van der Waals surface area contributed by atoms with Crippen molar-refractivity contribution in [3.8, 4) is 0 Å². The van der Waals surface area contributed by atoms with Crippen LogP contribution in [0.15, 0.2) is 34.1 Å². The van der Waals surface area contributed by atoms with Gasteiger partial charge in [0.25, 0.3) is 0 Å². The Labute approximate surface area is 130 Å². The molecule has 4 nitrogen and oxygen atoms in total. The molecule has 0 aliphatic heterocycles. The van der Waals surface area contributed by atoms with Crippen LogP contribution in [0.2, 0.25) is 0 Å². The van der Waals surface area contributed by atoms with Crippen LogP contribution in [0.4, 0.5) is 5.13 Å². The molecule has 1 aromatic carbocycles. The van der Waals surface area contributed by atoms with E-state index in [1.165, 1.54) is 24.0 Å². The number of esters is 1. The highest BCUT2D eigenvalue weighted by Gasteiger charge is 2.10. The van der Waals surface area contributed by atoms with E-state index < -0.39 is 0 Å². The molecule has 0 saturated heterocycles. The molecule has 2 rings (SSSR count). The zero-order chi connectivity index (χ0) is 14.5. The second kappa shape index (κ2) is 6.85. The Kier molecular flexibility index (Phi) is 5.14. The predicted molar refractivity (Wildman–Crippen MR) is 84.0 cm³/mol. The van der Waals surface area contributed by atoms with Gasteiger partial charge in [-0.1, -0.05) is 28.1 Å². The third-order valence-corrected chi connectivity index (χ3v) is 4.11. The van der Waals surface area contributed by atoms with Crippen molar-refractivity contribution in [2.75, 3.05) is 12.4 Å². The molecular formula is C14H15BrN2O2S. The summed E-state index contributed by atoms with van der Waals surface area (Å²) < 4.78 is 5.68. The van der Waals surface area contributed by atoms with Gasteiger partial charge in [-0.15, -0.1) is 11.3 Å². The molecule has 6 heteroatoms. The van der Waals surface area contributed by atoms with E-state index in [0.29, 0.717) is 0 Å². The molecule has 0 amide bonds. The average Bonchev–Trinajstić information content (AvgIpc) is 2.85. The number of carbonyl (C=O) groups excluding carboxylic acids is 1. The van der Waals surface area contributed by atoms with Crippen LogP contribution in [0.1, 0.15) is 24.2 Å². The summed E-state index contributed by atoms with van der Waals surface area (Å²) in [6, 6.07) is 8.27. The Morgan fingerprint density at radius 1 is 1.55 bits per heavy atom. The smallest absolute Gasteiger partial charge is 0.311 e. The molecule has 1 N–H and O–H groups in total. The molecule has 0 spiro atoms. The quantitative estimate of drug-likeness (QED) is 0.829. The number of hydrogen-bond donors (Lipinski definition) is 1. The lowest BCUT2D eigenvalue weighted by atomic mass is 10.1. The fraction of sp³-hybridized carbons (Fsp3) is 0.286. The van der Waals surface area contributed by atoms with Crippen molar-refractivity contribution in [1.82, 2.24) is 4.98 Å². The maximum Gasteiger partial charge on any atom is 0.311 e. The van der Waals surface area contributed by atoms with Crippen LogP contribution in [-0.2, 0) is 16.0 Å². The van der Waals surface area contributed by atoms with Crippen molar-refractivity contribution in [3.05, 3.63) is 45.4 Å². The second-order valence-electron chi connectivity index (χ2n) is 4.32. The van der Waals surface area contributed by atoms with E-state index in [1.807, 2.05) is 17.5 Å². The second-order valence-corrected chi connectivity index (χ2v) is 6.09. The molecule has 20 heavy (non-hydrogen) atoms. The number of methoxy groups -OCH3 is 1. The lowest BCUT2D eigenvalue weighted by molar-refractivity contribution is -0.139. The van der Waals surface area contributed by atoms with E-state index >= 15 is 0 Å². The van der Waals surface area contributed by atoms with Crippen molar-refractivity contribution >= 4 is 38.4 Å². The first-order valence-corrected chi connectivity index (χ1v) is 7.79. The number of aromatic nitrogens is 1. The molecular weight excluding hydrogens is 340 g/mol. The highest BCUT2D eigenvalue weighted by atomic mass is 79.9. The van der Waals surface area contributed by atoms with Crippen LogP contribution in [0.5, 0.6) is 0 Å². The van der Waals surface area contributed by atoms with Crippen LogP contribution in [0, 0.1) is 0 Å². The number of benzene rings is 1. The van der Waals surface area contributed by atoms with E-state index in [1.54, 1.807) is 0 Å². The fourth-order valence-corrected chi connectivity index (χ4v) is 2.93. The topological polar surface area (TPSA) is 51.2 Å². The Bertz CT molecular complexity index is 600. The molecule has 0 fully saturated rings. The van der Waals surface area contributed by atoms with E-state index in [0.717, 1.165) is 15.3 Å². The van der Waals surface area contributed by atoms with Gasteiger partial charge in [-0.25, -0.2) is 4.98 Å². The zero-order valence-electron chi connectivity index (χ0n) is 11.2. The van der Waals surface area contributed by atoms with Crippen LogP contribution < -0.4 is 5.32 Å². The highest BCUT2D eigenvalue weighted by molar-refractivity contribution is 9.10. The third-order valence-electron chi connectivity index (χ3n) is 2.79. The van der Waals surface area contributed by atoms with Crippen molar-refractivity contribution < 1.29 is 9.53 Å². The van der Waals surface area contributed by atoms with E-state index in [4.69, 9.17) is 0 Å². The molecule has 1 aromatic heterocycles. The minimum absolute atomic E-state index is 0.143. The molecule has 0 saturated carbocycles. The Morgan fingerprint density at radius 3 is 3.05 bits per heavy atom. The van der Waals surface area contributed by atoms with Crippen LogP contribution in [-0.4, -0.2) is 18.1 Å². The number of ether oxygens (including phenoxy) is 1. The summed E-state index contributed by atoms with van der Waals surface area (Å²) in [4.78, 5) is 15.6. The van der Waals surface area contributed by atoms with Gasteiger partial charge in [0.1, 0.15) is 0 Å². The van der Waals surface area contributed by atoms with Gasteiger partial charge in [-0.05, 0) is 24.6 Å². The normalized spacial score (nSPS) is 11.9. The van der Waals surface area contributed by atoms with Crippen LogP contribution in [0.25, 0.3) is 0 Å². The van der Waals surface area contributed by atoms with Gasteiger partial charge in [0.2, 0.25) is 0 Å². The summed E-state index contributed by atoms with van der Waals surface area (Å²) in [5.41, 5.74) is 1.90. The van der Waals surface area contributed by atoms with Gasteiger partial charge in [0, 0.05) is 9.85 Å². The predicted octanol–water partition coefficient (Wildman–Crippen LogP) is 3.79. The minimum Gasteiger partial charge on any atom is -0.469 e. The monoisotopic (exact) mass is 354 g/mol. The maximum atomic E-state index is 11.2. The summed E-state index contributed by atoms with van der Waals surface area (Å²) in [7, 11) is 1.38. The molecule has 1 heterocycles. The van der Waals surface area contributed by atoms with Crippen LogP contribution in [0.3, 0.4) is 0 Å². The first-order valence-electron chi connectivity index (χ1n) is 6.11. The molecule has 0 aliphatic rings. The van der Waals surface area contributed by atoms with Gasteiger partial charge in [-0.3, -0.25) is 4.79 Å². The molecule has 106 valence electrons. The van der Waals surface area contributed by atoms with Crippen molar-refractivity contribution in [2.45, 2.75) is 19.4 Å². The van der Waals surface area contributed by atoms with Crippen molar-refractivity contribution in [1.29, 1.82) is 0 Å². The van der Waals surface area contributed by atoms with Gasteiger partial charge in [0.15, 0.2) is 5.13 Å². The largest absolute Gasteiger partial charge is 0.469 e. The SMILES string of the molecule is COC(=O)Cc1csc(NC(C)c2cccc(Br)c2)n1. The lowest BCUT2D eigenvalue weighted by Crippen LogP contribution is -2.07. The van der Waals surface area contributed by atoms with Crippen LogP contribution >= 0.6 is 27.3 Å². The number of hydrogen-bond acceptors (Lipinski definition) is 5. The van der Waals surface area contributed by atoms with Crippen molar-refractivity contribution in [2.24, 2.45) is 0 Å². The average molecular weight is 355 g/mol. The van der Waals surface area contributed by atoms with Gasteiger partial charge >= 0.3 is 5.97 Å². The number of nitrogens with zero attached hydrogens (tertiary/aromatic N) is 1. The summed E-state index contributed by atoms with van der Waals surface area (Å²) in [5, 5.41) is 6.00. The molecule has 2 aromatic rings. The molecule has 0 bridgehead atoms. The Morgan fingerprint density at radius 2 is 2.35 bits per heavy atom. The van der Waals surface area contributed by atoms with E-state index in [-0.39, 0.29) is 18.4 Å². The summed E-state index contributed by atoms with van der Waals surface area (Å²) >= 11 is 4.95. The number of halogens is 1. The number of thiazole rings is 1. The number of rotatable bonds is 5. The molecule has 1 atom stereocenters. The summed E-state index contributed by atoms with van der Waals surface area (Å²) in [6.45, 7) is 2.07. The first kappa shape index (κ1) is 15.0. The number of carbonyl (C=O) groups is 1. The highest BCUT2D eigenvalue weighted by Crippen LogP contribution is 2.24. The van der Waals surface area contributed by atoms with E-state index in [2.05, 4.69) is 50.0 Å². The Balaban J connectivity index is 2.01. The Hall–Kier alpha value is -1.40. The first-order chi connectivity index (χ1) is 9.58. The molecule has 0 aliphatic carbocycles. The lowest BCUT2D eigenvalue weighted by Gasteiger charge is -2.13. The zero-order valence-corrected chi connectivity index (χ0v) is 13.6. The molecule has 1 unspecified atom stereocenters. The van der Waals surface area contributed by atoms with E-state index in [9.17, 15) is 4.79 Å². The number of nitrogens with one attached hydrogen (secondary N) is 1. The standard InChI is InChI=1S/C14H15BrN2O2S/c1-9(10-4-3-5-11(15)6-10)16-14-17-12(8-20-14)7-13(18)19-2/h3-6,8-9H,7H2,1-2H3,(H,16,17). The fourth-order valence-electron chi connectivity index (χ4n) is 1.72. The summed E-state index contributed by atoms with van der Waals surface area (Å²) in [5.74, 6) is -0.276. The minimum atomic E-state index is -0.276. The van der Waals surface area contributed by atoms with Crippen molar-refractivity contribution in [3.63, 3.8) is 0 Å². The summed E-state index contributed by atoms with van der Waals surface area (Å²) in [6.07, 6.45) is 0.208.